The number of nitrogens with one attached hydrogen (secondary N) is 4. The number of nitrogens with zero attached hydrogens (tertiary/aromatic N) is 4. The topological polar surface area (TPSA) is 202 Å². The van der Waals surface area contributed by atoms with E-state index in [1.54, 1.807) is 30.0 Å². The fourth-order valence-corrected chi connectivity index (χ4v) is 9.54. The lowest BCUT2D eigenvalue weighted by atomic mass is 9.92. The number of rotatable bonds is 12. The molecular weight excluding hydrogens is 833 g/mol. The zero-order valence-corrected chi connectivity index (χ0v) is 36.9. The quantitative estimate of drug-likeness (QED) is 0.102. The third-order valence-electron chi connectivity index (χ3n) is 12.9. The van der Waals surface area contributed by atoms with Crippen LogP contribution in [0.1, 0.15) is 67.1 Å². The van der Waals surface area contributed by atoms with E-state index >= 15 is 0 Å². The van der Waals surface area contributed by atoms with Gasteiger partial charge in [0.25, 0.3) is 5.91 Å². The summed E-state index contributed by atoms with van der Waals surface area (Å²) >= 11 is 0. The lowest BCUT2D eigenvalue weighted by Gasteiger charge is -2.30. The molecule has 338 valence electrons. The zero-order valence-electron chi connectivity index (χ0n) is 36.9. The van der Waals surface area contributed by atoms with Gasteiger partial charge >= 0.3 is 12.2 Å². The van der Waals surface area contributed by atoms with Crippen molar-refractivity contribution < 1.29 is 42.9 Å². The molecule has 6 aromatic rings. The number of hydrogen-bond acceptors (Lipinski definition) is 11. The number of H-pyrrole nitrogens is 2. The van der Waals surface area contributed by atoms with Gasteiger partial charge in [0.05, 0.1) is 61.9 Å². The molecule has 0 unspecified atom stereocenters. The Kier molecular flexibility index (Phi) is 12.2. The van der Waals surface area contributed by atoms with Crippen molar-refractivity contribution in [1.82, 2.24) is 40.4 Å². The molecular formula is C48H52N8O9. The minimum absolute atomic E-state index is 0.0559. The Morgan fingerprint density at radius 1 is 0.862 bits per heavy atom. The van der Waals surface area contributed by atoms with Crippen molar-refractivity contribution in [1.29, 1.82) is 0 Å². The number of fused-ring (bicyclic) bond motifs is 6. The van der Waals surface area contributed by atoms with Gasteiger partial charge in [0.1, 0.15) is 36.1 Å². The van der Waals surface area contributed by atoms with Crippen LogP contribution in [0, 0.1) is 5.92 Å². The molecule has 0 bridgehead atoms. The van der Waals surface area contributed by atoms with Crippen LogP contribution in [-0.4, -0.2) is 114 Å². The minimum Gasteiger partial charge on any atom is -0.488 e. The van der Waals surface area contributed by atoms with Gasteiger partial charge in [0.15, 0.2) is 0 Å². The van der Waals surface area contributed by atoms with Gasteiger partial charge in [-0.25, -0.2) is 19.6 Å². The number of carbonyl (C=O) groups is 4. The Balaban J connectivity index is 0.967. The summed E-state index contributed by atoms with van der Waals surface area (Å²) in [5.41, 5.74) is 7.02. The smallest absolute Gasteiger partial charge is 0.407 e. The van der Waals surface area contributed by atoms with Crippen molar-refractivity contribution in [3.63, 3.8) is 0 Å². The normalized spacial score (nSPS) is 19.2. The first-order valence-electron chi connectivity index (χ1n) is 21.7. The summed E-state index contributed by atoms with van der Waals surface area (Å²) < 4.78 is 27.1. The average Bonchev–Trinajstić information content (AvgIpc) is 4.18. The maximum absolute atomic E-state index is 14.2. The summed E-state index contributed by atoms with van der Waals surface area (Å²) in [4.78, 5) is 73.1. The Labute approximate surface area is 375 Å². The lowest BCUT2D eigenvalue weighted by Crippen LogP contribution is -2.54. The maximum Gasteiger partial charge on any atom is 0.407 e. The molecule has 0 spiro atoms. The summed E-state index contributed by atoms with van der Waals surface area (Å²) in [7, 11) is 5.67. The number of imidazole rings is 2. The van der Waals surface area contributed by atoms with Gasteiger partial charge in [-0.1, -0.05) is 42.5 Å². The first-order valence-corrected chi connectivity index (χ1v) is 21.7. The SMILES string of the molecule is COC[C@H]1C[C@@H](c2nc3ccc4cc5c(cc4c3[nH]2)COc2cc(-c3cnc([C@@H]4CCCN4C(=O)[C@H](NC(=O)OC)c4ccccc4)[nH]3)ccc2-5)N(C(=O)[C@@H](NC(=O)OC)[C@@H](C)OC)C1. The molecule has 9 rings (SSSR count). The van der Waals surface area contributed by atoms with Crippen molar-refractivity contribution in [2.45, 2.75) is 63.1 Å². The van der Waals surface area contributed by atoms with E-state index in [2.05, 4.69) is 44.9 Å². The van der Waals surface area contributed by atoms with Gasteiger partial charge in [0.2, 0.25) is 5.91 Å². The van der Waals surface area contributed by atoms with E-state index in [0.717, 1.165) is 68.3 Å². The number of amides is 4. The summed E-state index contributed by atoms with van der Waals surface area (Å²) in [6.45, 7) is 3.50. The van der Waals surface area contributed by atoms with Crippen LogP contribution in [0.25, 0.3) is 44.2 Å². The van der Waals surface area contributed by atoms with Crippen molar-refractivity contribution in [2.75, 3.05) is 48.1 Å². The molecule has 0 aliphatic carbocycles. The van der Waals surface area contributed by atoms with Gasteiger partial charge in [0, 0.05) is 49.7 Å². The van der Waals surface area contributed by atoms with Gasteiger partial charge in [-0.05, 0) is 78.6 Å². The number of ether oxygens (including phenoxy) is 5. The molecule has 0 saturated carbocycles. The van der Waals surface area contributed by atoms with E-state index < -0.39 is 36.4 Å². The number of benzene rings is 4. The second-order valence-electron chi connectivity index (χ2n) is 16.8. The molecule has 6 atom stereocenters. The minimum atomic E-state index is -0.971. The Bertz CT molecular complexity index is 2760. The maximum atomic E-state index is 14.2. The van der Waals surface area contributed by atoms with Gasteiger partial charge in [-0.15, -0.1) is 0 Å². The molecule has 4 N–H and O–H groups in total. The van der Waals surface area contributed by atoms with Crippen molar-refractivity contribution >= 4 is 45.8 Å². The highest BCUT2D eigenvalue weighted by Crippen LogP contribution is 2.44. The summed E-state index contributed by atoms with van der Waals surface area (Å²) in [5.74, 6) is 1.59. The summed E-state index contributed by atoms with van der Waals surface area (Å²) in [6, 6.07) is 21.1. The van der Waals surface area contributed by atoms with Gasteiger partial charge in [-0.3, -0.25) is 9.59 Å². The van der Waals surface area contributed by atoms with Gasteiger partial charge in [-0.2, -0.15) is 0 Å². The molecule has 2 fully saturated rings. The van der Waals surface area contributed by atoms with Crippen LogP contribution in [0.4, 0.5) is 9.59 Å². The standard InChI is InChI=1S/C48H52N8O9/c1-26(62-3)40(53-47(59)63-4)45(57)56-23-27(24-61-2)18-38(56)44-50-35-16-14-29-19-33-31(20-34(29)42(35)52-44)25-65-39-21-30(13-15-32(33)39)36-22-49-43(51-36)37-12-9-17-55(37)46(58)41(54-48(60)64-5)28-10-7-6-8-11-28/h6-8,10-11,13-16,19-22,26-27,37-38,40-41H,9,12,17-18,23-25H2,1-5H3,(H,49,51)(H,50,52)(H,53,59)(H,54,60)/t26-,27+,37+,38+,40+,41-/m1/s1. The van der Waals surface area contributed by atoms with Crippen LogP contribution in [0.5, 0.6) is 5.75 Å². The van der Waals surface area contributed by atoms with E-state index in [0.29, 0.717) is 49.9 Å². The predicted molar refractivity (Wildman–Crippen MR) is 240 cm³/mol. The first-order chi connectivity index (χ1) is 31.6. The van der Waals surface area contributed by atoms with Crippen molar-refractivity contribution in [3.8, 4) is 28.1 Å². The largest absolute Gasteiger partial charge is 0.488 e. The summed E-state index contributed by atoms with van der Waals surface area (Å²) in [5, 5.41) is 7.37. The number of aromatic nitrogens is 4. The number of methoxy groups -OCH3 is 4. The predicted octanol–water partition coefficient (Wildman–Crippen LogP) is 6.72. The first kappa shape index (κ1) is 43.3. The average molecular weight is 885 g/mol. The molecule has 5 heterocycles. The van der Waals surface area contributed by atoms with E-state index in [1.165, 1.54) is 21.3 Å². The van der Waals surface area contributed by atoms with Crippen LogP contribution in [-0.2, 0) is 35.1 Å². The lowest BCUT2D eigenvalue weighted by molar-refractivity contribution is -0.138. The van der Waals surface area contributed by atoms with Gasteiger partial charge < -0.3 is 54.1 Å². The second kappa shape index (κ2) is 18.3. The molecule has 2 aromatic heterocycles. The Morgan fingerprint density at radius 2 is 1.66 bits per heavy atom. The highest BCUT2D eigenvalue weighted by molar-refractivity contribution is 6.06. The Hall–Kier alpha value is -6.98. The third-order valence-corrected chi connectivity index (χ3v) is 12.9. The molecule has 17 nitrogen and oxygen atoms in total. The molecule has 65 heavy (non-hydrogen) atoms. The van der Waals surface area contributed by atoms with E-state index in [1.807, 2.05) is 48.5 Å². The van der Waals surface area contributed by atoms with Crippen LogP contribution >= 0.6 is 0 Å². The Morgan fingerprint density at radius 3 is 2.43 bits per heavy atom. The van der Waals surface area contributed by atoms with Crippen LogP contribution < -0.4 is 15.4 Å². The molecule has 3 aliphatic heterocycles. The van der Waals surface area contributed by atoms with Crippen LogP contribution in [0.15, 0.2) is 79.0 Å². The second-order valence-corrected chi connectivity index (χ2v) is 16.8. The molecule has 3 aliphatic rings. The van der Waals surface area contributed by atoms with Crippen LogP contribution in [0.2, 0.25) is 0 Å². The number of aromatic amines is 2. The number of likely N-dealkylation sites (tertiary alicyclic amines) is 2. The monoisotopic (exact) mass is 884 g/mol. The summed E-state index contributed by atoms with van der Waals surface area (Å²) in [6.07, 6.45) is 1.90. The number of alkyl carbamates (subject to hydrolysis) is 2. The molecule has 0 radical (unpaired) electrons. The highest BCUT2D eigenvalue weighted by Gasteiger charge is 2.43. The fourth-order valence-electron chi connectivity index (χ4n) is 9.54. The van der Waals surface area contributed by atoms with Crippen molar-refractivity contribution in [3.05, 3.63) is 102 Å². The van der Waals surface area contributed by atoms with E-state index in [-0.39, 0.29) is 23.8 Å². The molecule has 2 saturated heterocycles. The molecule has 4 amide bonds. The molecule has 4 aromatic carbocycles. The van der Waals surface area contributed by atoms with E-state index in [9.17, 15) is 19.2 Å². The number of carbonyl (C=O) groups excluding carboxylic acids is 4. The van der Waals surface area contributed by atoms with E-state index in [4.69, 9.17) is 33.7 Å². The number of hydrogen-bond donors (Lipinski definition) is 4. The van der Waals surface area contributed by atoms with Crippen molar-refractivity contribution in [2.24, 2.45) is 5.92 Å². The fraction of sp³-hybridized carbons (Fsp3) is 0.375. The zero-order chi connectivity index (χ0) is 45.4. The highest BCUT2D eigenvalue weighted by atomic mass is 16.5. The third kappa shape index (κ3) is 8.32. The van der Waals surface area contributed by atoms with Crippen LogP contribution in [0.3, 0.4) is 0 Å². The molecule has 17 heteroatoms.